The fraction of sp³-hybridized carbons (Fsp3) is 0.364. The molecule has 6 nitrogen and oxygen atoms in total. The van der Waals surface area contributed by atoms with E-state index in [1.807, 2.05) is 0 Å². The summed E-state index contributed by atoms with van der Waals surface area (Å²) in [5, 5.41) is 0. The van der Waals surface area contributed by atoms with Gasteiger partial charge in [0.2, 0.25) is 0 Å². The fourth-order valence-corrected chi connectivity index (χ4v) is 1.48. The third kappa shape index (κ3) is 6.09. The number of anilines is 1. The van der Waals surface area contributed by atoms with Crippen LogP contribution in [0.5, 0.6) is 5.75 Å². The summed E-state index contributed by atoms with van der Waals surface area (Å²) in [5.74, 6) is -0.368. The van der Waals surface area contributed by atoms with Crippen LogP contribution in [0.1, 0.15) is 0 Å². The van der Waals surface area contributed by atoms with Crippen LogP contribution < -0.4 is 10.5 Å². The topological polar surface area (TPSA) is 95.7 Å². The molecule has 0 aromatic heterocycles. The molecule has 0 unspecified atom stereocenters. The fourth-order valence-electron chi connectivity index (χ4n) is 1.10. The molecule has 0 aliphatic carbocycles. The molecular weight excluding hydrogens is 258 g/mol. The highest BCUT2D eigenvalue weighted by molar-refractivity contribution is 7.90. The number of hydrogen-bond donors (Lipinski definition) is 1. The summed E-state index contributed by atoms with van der Waals surface area (Å²) < 4.78 is 31.4. The molecule has 0 saturated heterocycles. The SMILES string of the molecule is CS(=O)(=O)CCOC(=O)COc1cccc(N)c1. The zero-order valence-corrected chi connectivity index (χ0v) is 10.8. The summed E-state index contributed by atoms with van der Waals surface area (Å²) in [6.07, 6.45) is 1.07. The molecule has 0 saturated carbocycles. The van der Waals surface area contributed by atoms with E-state index in [4.69, 9.17) is 15.2 Å². The number of carbonyl (C=O) groups excluding carboxylic acids is 1. The second kappa shape index (κ2) is 6.25. The monoisotopic (exact) mass is 273 g/mol. The van der Waals surface area contributed by atoms with E-state index in [1.54, 1.807) is 24.3 Å². The van der Waals surface area contributed by atoms with Gasteiger partial charge in [-0.1, -0.05) is 6.07 Å². The third-order valence-electron chi connectivity index (χ3n) is 1.93. The van der Waals surface area contributed by atoms with Crippen LogP contribution in [0.3, 0.4) is 0 Å². The van der Waals surface area contributed by atoms with E-state index in [2.05, 4.69) is 0 Å². The van der Waals surface area contributed by atoms with Gasteiger partial charge < -0.3 is 15.2 Å². The van der Waals surface area contributed by atoms with Gasteiger partial charge in [0.05, 0.1) is 5.75 Å². The number of hydrogen-bond acceptors (Lipinski definition) is 6. The molecule has 0 aliphatic heterocycles. The zero-order chi connectivity index (χ0) is 13.6. The number of nitrogen functional groups attached to an aromatic ring is 1. The Morgan fingerprint density at radius 3 is 2.72 bits per heavy atom. The molecular formula is C11H15NO5S. The van der Waals surface area contributed by atoms with E-state index in [-0.39, 0.29) is 19.0 Å². The molecule has 0 spiro atoms. The lowest BCUT2D eigenvalue weighted by molar-refractivity contribution is -0.145. The first-order chi connectivity index (χ1) is 8.37. The number of ether oxygens (including phenoxy) is 2. The van der Waals surface area contributed by atoms with Gasteiger partial charge in [0.25, 0.3) is 0 Å². The van der Waals surface area contributed by atoms with Crippen LogP contribution >= 0.6 is 0 Å². The van der Waals surface area contributed by atoms with Crippen molar-refractivity contribution in [3.8, 4) is 5.75 Å². The normalized spacial score (nSPS) is 10.9. The molecule has 18 heavy (non-hydrogen) atoms. The minimum atomic E-state index is -3.13. The first-order valence-electron chi connectivity index (χ1n) is 5.18. The smallest absolute Gasteiger partial charge is 0.344 e. The van der Waals surface area contributed by atoms with E-state index in [0.717, 1.165) is 6.26 Å². The number of rotatable bonds is 6. The lowest BCUT2D eigenvalue weighted by Gasteiger charge is -2.07. The van der Waals surface area contributed by atoms with E-state index in [9.17, 15) is 13.2 Å². The van der Waals surface area contributed by atoms with Crippen molar-refractivity contribution in [2.24, 2.45) is 0 Å². The van der Waals surface area contributed by atoms with Crippen LogP contribution in [0.15, 0.2) is 24.3 Å². The van der Waals surface area contributed by atoms with Crippen molar-refractivity contribution in [1.29, 1.82) is 0 Å². The Hall–Kier alpha value is -1.76. The number of benzene rings is 1. The van der Waals surface area contributed by atoms with Crippen LogP contribution in [-0.4, -0.2) is 39.6 Å². The maximum Gasteiger partial charge on any atom is 0.344 e. The summed E-state index contributed by atoms with van der Waals surface area (Å²) in [7, 11) is -3.13. The first-order valence-corrected chi connectivity index (χ1v) is 7.24. The predicted octanol–water partition coefficient (Wildman–Crippen LogP) is 0.235. The van der Waals surface area contributed by atoms with Crippen LogP contribution in [0.4, 0.5) is 5.69 Å². The Kier molecular flexibility index (Phi) is 4.96. The van der Waals surface area contributed by atoms with E-state index in [1.165, 1.54) is 0 Å². The van der Waals surface area contributed by atoms with Crippen LogP contribution in [0.25, 0.3) is 0 Å². The number of nitrogens with two attached hydrogens (primary N) is 1. The Labute approximate surface area is 106 Å². The Morgan fingerprint density at radius 2 is 2.11 bits per heavy atom. The average molecular weight is 273 g/mol. The van der Waals surface area contributed by atoms with Crippen molar-refractivity contribution >= 4 is 21.5 Å². The van der Waals surface area contributed by atoms with Crippen molar-refractivity contribution in [3.05, 3.63) is 24.3 Å². The molecule has 0 radical (unpaired) electrons. The highest BCUT2D eigenvalue weighted by atomic mass is 32.2. The van der Waals surface area contributed by atoms with Gasteiger partial charge in [0, 0.05) is 18.0 Å². The molecule has 7 heteroatoms. The molecule has 1 aromatic carbocycles. The number of sulfone groups is 1. The molecule has 0 bridgehead atoms. The van der Waals surface area contributed by atoms with Crippen molar-refractivity contribution in [3.63, 3.8) is 0 Å². The zero-order valence-electron chi connectivity index (χ0n) is 9.96. The van der Waals surface area contributed by atoms with E-state index < -0.39 is 15.8 Å². The minimum Gasteiger partial charge on any atom is -0.482 e. The lowest BCUT2D eigenvalue weighted by Crippen LogP contribution is -2.19. The summed E-state index contributed by atoms with van der Waals surface area (Å²) in [6.45, 7) is -0.453. The first kappa shape index (κ1) is 14.3. The van der Waals surface area contributed by atoms with Gasteiger partial charge >= 0.3 is 5.97 Å². The molecule has 0 aliphatic rings. The van der Waals surface area contributed by atoms with Crippen molar-refractivity contribution in [1.82, 2.24) is 0 Å². The molecule has 2 N–H and O–H groups in total. The molecule has 100 valence electrons. The van der Waals surface area contributed by atoms with Gasteiger partial charge in [0.15, 0.2) is 16.4 Å². The molecule has 1 rings (SSSR count). The maximum absolute atomic E-state index is 11.2. The summed E-state index contributed by atoms with van der Waals surface area (Å²) >= 11 is 0. The molecule has 0 amide bonds. The third-order valence-corrected chi connectivity index (χ3v) is 2.84. The minimum absolute atomic E-state index is 0.169. The highest BCUT2D eigenvalue weighted by Gasteiger charge is 2.07. The van der Waals surface area contributed by atoms with E-state index in [0.29, 0.717) is 11.4 Å². The van der Waals surface area contributed by atoms with Gasteiger partial charge in [-0.05, 0) is 12.1 Å². The van der Waals surface area contributed by atoms with Crippen LogP contribution in [0, 0.1) is 0 Å². The maximum atomic E-state index is 11.2. The largest absolute Gasteiger partial charge is 0.482 e. The number of carbonyl (C=O) groups is 1. The summed E-state index contributed by atoms with van der Waals surface area (Å²) in [4.78, 5) is 11.2. The molecule has 0 heterocycles. The van der Waals surface area contributed by atoms with Crippen molar-refractivity contribution in [2.75, 3.05) is 31.0 Å². The lowest BCUT2D eigenvalue weighted by atomic mass is 10.3. The van der Waals surface area contributed by atoms with Crippen molar-refractivity contribution in [2.45, 2.75) is 0 Å². The standard InChI is InChI=1S/C11H15NO5S/c1-18(14,15)6-5-16-11(13)8-17-10-4-2-3-9(12)7-10/h2-4,7H,5-6,8,12H2,1H3. The average Bonchev–Trinajstić information content (AvgIpc) is 2.25. The Morgan fingerprint density at radius 1 is 1.39 bits per heavy atom. The second-order valence-electron chi connectivity index (χ2n) is 3.71. The van der Waals surface area contributed by atoms with Crippen LogP contribution in [0.2, 0.25) is 0 Å². The predicted molar refractivity (Wildman–Crippen MR) is 67.0 cm³/mol. The highest BCUT2D eigenvalue weighted by Crippen LogP contribution is 2.14. The van der Waals surface area contributed by atoms with Gasteiger partial charge in [-0.25, -0.2) is 13.2 Å². The van der Waals surface area contributed by atoms with E-state index >= 15 is 0 Å². The van der Waals surface area contributed by atoms with Gasteiger partial charge in [-0.15, -0.1) is 0 Å². The molecule has 0 fully saturated rings. The second-order valence-corrected chi connectivity index (χ2v) is 5.97. The Balaban J connectivity index is 2.29. The number of esters is 1. The van der Waals surface area contributed by atoms with Gasteiger partial charge in [-0.2, -0.15) is 0 Å². The van der Waals surface area contributed by atoms with Gasteiger partial charge in [0.1, 0.15) is 12.4 Å². The Bertz CT molecular complexity index is 512. The summed E-state index contributed by atoms with van der Waals surface area (Å²) in [6, 6.07) is 6.61. The summed E-state index contributed by atoms with van der Waals surface area (Å²) in [5.41, 5.74) is 6.06. The van der Waals surface area contributed by atoms with Crippen molar-refractivity contribution < 1.29 is 22.7 Å². The van der Waals surface area contributed by atoms with Gasteiger partial charge in [-0.3, -0.25) is 0 Å². The van der Waals surface area contributed by atoms with Crippen LogP contribution in [-0.2, 0) is 19.4 Å². The quantitative estimate of drug-likeness (QED) is 0.589. The molecule has 0 atom stereocenters. The molecule has 1 aromatic rings.